The van der Waals surface area contributed by atoms with Crippen LogP contribution in [0.2, 0.25) is 5.02 Å². The summed E-state index contributed by atoms with van der Waals surface area (Å²) in [6, 6.07) is 4.85. The van der Waals surface area contributed by atoms with E-state index in [1.165, 1.54) is 0 Å². The molecule has 0 aliphatic rings. The molecule has 5 heteroatoms. The van der Waals surface area contributed by atoms with E-state index in [1.807, 2.05) is 0 Å². The lowest BCUT2D eigenvalue weighted by molar-refractivity contribution is 0.586. The fourth-order valence-corrected chi connectivity index (χ4v) is 2.29. The second-order valence-electron chi connectivity index (χ2n) is 3.70. The molecule has 0 fully saturated rings. The van der Waals surface area contributed by atoms with Gasteiger partial charge in [0.1, 0.15) is 0 Å². The normalized spacial score (nSPS) is 12.0. The number of nitrogens with two attached hydrogens (primary N) is 1. The van der Waals surface area contributed by atoms with Gasteiger partial charge in [-0.05, 0) is 31.5 Å². The minimum Gasteiger partial charge on any atom is -0.398 e. The minimum absolute atomic E-state index is 0.0341. The molecule has 0 unspecified atom stereocenters. The molecule has 84 valence electrons. The van der Waals surface area contributed by atoms with E-state index in [9.17, 15) is 8.42 Å². The smallest absolute Gasteiger partial charge is 0.156 e. The Morgan fingerprint density at radius 1 is 1.40 bits per heavy atom. The first kappa shape index (κ1) is 12.3. The van der Waals surface area contributed by atoms with Crippen molar-refractivity contribution in [1.82, 2.24) is 0 Å². The van der Waals surface area contributed by atoms with Crippen molar-refractivity contribution >= 4 is 27.1 Å². The van der Waals surface area contributed by atoms with Crippen molar-refractivity contribution in [3.8, 4) is 0 Å². The number of benzene rings is 1. The molecule has 0 spiro atoms. The van der Waals surface area contributed by atoms with Gasteiger partial charge in [-0.25, -0.2) is 8.42 Å². The molecule has 1 aromatic carbocycles. The van der Waals surface area contributed by atoms with Gasteiger partial charge in [-0.15, -0.1) is 0 Å². The predicted molar refractivity (Wildman–Crippen MR) is 63.6 cm³/mol. The molecule has 3 nitrogen and oxygen atoms in total. The molecule has 0 saturated heterocycles. The SMILES string of the molecule is CC(C)S(=O)(=O)Cc1ccc(Cl)cc1N. The molecule has 0 saturated carbocycles. The zero-order valence-corrected chi connectivity index (χ0v) is 10.3. The highest BCUT2D eigenvalue weighted by Gasteiger charge is 2.17. The van der Waals surface area contributed by atoms with E-state index < -0.39 is 15.1 Å². The van der Waals surface area contributed by atoms with Gasteiger partial charge in [0.05, 0.1) is 11.0 Å². The summed E-state index contributed by atoms with van der Waals surface area (Å²) in [5.41, 5.74) is 6.71. The maximum absolute atomic E-state index is 11.6. The molecule has 0 aliphatic heterocycles. The second kappa shape index (κ2) is 4.41. The number of anilines is 1. The van der Waals surface area contributed by atoms with Crippen LogP contribution in [0.1, 0.15) is 19.4 Å². The lowest BCUT2D eigenvalue weighted by Crippen LogP contribution is -2.16. The van der Waals surface area contributed by atoms with Gasteiger partial charge in [0.25, 0.3) is 0 Å². The number of sulfone groups is 1. The quantitative estimate of drug-likeness (QED) is 0.834. The number of rotatable bonds is 3. The summed E-state index contributed by atoms with van der Waals surface area (Å²) < 4.78 is 23.3. The highest BCUT2D eigenvalue weighted by Crippen LogP contribution is 2.21. The Morgan fingerprint density at radius 3 is 2.47 bits per heavy atom. The van der Waals surface area contributed by atoms with Gasteiger partial charge in [0.15, 0.2) is 9.84 Å². The average Bonchev–Trinajstić information content (AvgIpc) is 2.09. The fourth-order valence-electron chi connectivity index (χ4n) is 1.08. The summed E-state index contributed by atoms with van der Waals surface area (Å²) in [6.07, 6.45) is 0. The first-order chi connectivity index (χ1) is 6.83. The first-order valence-corrected chi connectivity index (χ1v) is 6.68. The summed E-state index contributed by atoms with van der Waals surface area (Å²) >= 11 is 5.72. The van der Waals surface area contributed by atoms with Crippen LogP contribution in [0, 0.1) is 0 Å². The van der Waals surface area contributed by atoms with E-state index in [4.69, 9.17) is 17.3 Å². The van der Waals surface area contributed by atoms with Gasteiger partial charge < -0.3 is 5.73 Å². The van der Waals surface area contributed by atoms with Crippen molar-refractivity contribution in [1.29, 1.82) is 0 Å². The van der Waals surface area contributed by atoms with Gasteiger partial charge in [0, 0.05) is 10.7 Å². The largest absolute Gasteiger partial charge is 0.398 e. The van der Waals surface area contributed by atoms with E-state index in [0.29, 0.717) is 16.3 Å². The van der Waals surface area contributed by atoms with Crippen molar-refractivity contribution in [2.24, 2.45) is 0 Å². The van der Waals surface area contributed by atoms with E-state index >= 15 is 0 Å². The monoisotopic (exact) mass is 247 g/mol. The van der Waals surface area contributed by atoms with Gasteiger partial charge in [-0.1, -0.05) is 17.7 Å². The van der Waals surface area contributed by atoms with E-state index in [2.05, 4.69) is 0 Å². The topological polar surface area (TPSA) is 60.2 Å². The van der Waals surface area contributed by atoms with Gasteiger partial charge in [0.2, 0.25) is 0 Å². The zero-order chi connectivity index (χ0) is 11.6. The minimum atomic E-state index is -3.11. The van der Waals surface area contributed by atoms with Crippen molar-refractivity contribution in [3.05, 3.63) is 28.8 Å². The molecule has 1 rings (SSSR count). The van der Waals surface area contributed by atoms with Crippen LogP contribution in [-0.2, 0) is 15.6 Å². The number of halogens is 1. The third-order valence-corrected chi connectivity index (χ3v) is 4.57. The molecule has 0 aliphatic carbocycles. The Labute approximate surface area is 95.2 Å². The summed E-state index contributed by atoms with van der Waals surface area (Å²) in [5, 5.41) is 0.116. The standard InChI is InChI=1S/C10H14ClNO2S/c1-7(2)15(13,14)6-8-3-4-9(11)5-10(8)12/h3-5,7H,6,12H2,1-2H3. The molecular weight excluding hydrogens is 234 g/mol. The molecule has 15 heavy (non-hydrogen) atoms. The summed E-state index contributed by atoms with van der Waals surface area (Å²) in [4.78, 5) is 0. The Bertz CT molecular complexity index is 454. The lowest BCUT2D eigenvalue weighted by Gasteiger charge is -2.09. The highest BCUT2D eigenvalue weighted by molar-refractivity contribution is 7.91. The van der Waals surface area contributed by atoms with Crippen LogP contribution in [0.15, 0.2) is 18.2 Å². The zero-order valence-electron chi connectivity index (χ0n) is 8.70. The number of nitrogen functional groups attached to an aromatic ring is 1. The molecular formula is C10H14ClNO2S. The highest BCUT2D eigenvalue weighted by atomic mass is 35.5. The molecule has 0 atom stereocenters. The van der Waals surface area contributed by atoms with Crippen molar-refractivity contribution in [2.45, 2.75) is 24.9 Å². The molecule has 1 aromatic rings. The van der Waals surface area contributed by atoms with Crippen LogP contribution >= 0.6 is 11.6 Å². The Morgan fingerprint density at radius 2 is 2.00 bits per heavy atom. The summed E-state index contributed by atoms with van der Waals surface area (Å²) in [6.45, 7) is 3.31. The molecule has 0 amide bonds. The Hall–Kier alpha value is -0.740. The molecule has 2 N–H and O–H groups in total. The van der Waals surface area contributed by atoms with Gasteiger partial charge in [-0.3, -0.25) is 0 Å². The summed E-state index contributed by atoms with van der Waals surface area (Å²) in [5.74, 6) is -0.0341. The van der Waals surface area contributed by atoms with Crippen molar-refractivity contribution < 1.29 is 8.42 Å². The van der Waals surface area contributed by atoms with Crippen LogP contribution in [0.4, 0.5) is 5.69 Å². The molecule has 0 radical (unpaired) electrons. The maximum atomic E-state index is 11.6. The van der Waals surface area contributed by atoms with Crippen molar-refractivity contribution in [3.63, 3.8) is 0 Å². The van der Waals surface area contributed by atoms with Crippen LogP contribution in [-0.4, -0.2) is 13.7 Å². The van der Waals surface area contributed by atoms with Gasteiger partial charge >= 0.3 is 0 Å². The van der Waals surface area contributed by atoms with Crippen LogP contribution < -0.4 is 5.73 Å². The van der Waals surface area contributed by atoms with Gasteiger partial charge in [-0.2, -0.15) is 0 Å². The van der Waals surface area contributed by atoms with Crippen LogP contribution in [0.25, 0.3) is 0 Å². The number of hydrogen-bond donors (Lipinski definition) is 1. The molecule has 0 heterocycles. The third-order valence-electron chi connectivity index (χ3n) is 2.18. The third kappa shape index (κ3) is 3.11. The maximum Gasteiger partial charge on any atom is 0.156 e. The predicted octanol–water partition coefficient (Wildman–Crippen LogP) is 2.25. The molecule has 0 aromatic heterocycles. The van der Waals surface area contributed by atoms with E-state index in [-0.39, 0.29) is 5.75 Å². The average molecular weight is 248 g/mol. The summed E-state index contributed by atoms with van der Waals surface area (Å²) in [7, 11) is -3.11. The van der Waals surface area contributed by atoms with Crippen molar-refractivity contribution in [2.75, 3.05) is 5.73 Å². The van der Waals surface area contributed by atoms with E-state index in [1.54, 1.807) is 32.0 Å². The fraction of sp³-hybridized carbons (Fsp3) is 0.400. The van der Waals surface area contributed by atoms with E-state index in [0.717, 1.165) is 0 Å². The Balaban J connectivity index is 3.01. The number of hydrogen-bond acceptors (Lipinski definition) is 3. The second-order valence-corrected chi connectivity index (χ2v) is 6.69. The Kier molecular flexibility index (Phi) is 3.62. The lowest BCUT2D eigenvalue weighted by atomic mass is 10.2. The first-order valence-electron chi connectivity index (χ1n) is 4.58. The molecule has 0 bridgehead atoms. The van der Waals surface area contributed by atoms with Crippen LogP contribution in [0.3, 0.4) is 0 Å². The van der Waals surface area contributed by atoms with Crippen LogP contribution in [0.5, 0.6) is 0 Å².